The number of hydrogen-bond acceptors (Lipinski definition) is 1. The highest BCUT2D eigenvalue weighted by molar-refractivity contribution is 5.36. The maximum Gasteiger partial charge on any atom is 0.0918 e. The van der Waals surface area contributed by atoms with Crippen LogP contribution in [0.3, 0.4) is 0 Å². The summed E-state index contributed by atoms with van der Waals surface area (Å²) in [6.07, 6.45) is 4.65. The van der Waals surface area contributed by atoms with Crippen LogP contribution in [-0.4, -0.2) is 5.11 Å². The Kier molecular flexibility index (Phi) is 4.75. The van der Waals surface area contributed by atoms with E-state index < -0.39 is 11.5 Å². The normalized spacial score (nSPS) is 15.9. The molecular weight excluding hydrogens is 244 g/mol. The van der Waals surface area contributed by atoms with Crippen LogP contribution in [0, 0.1) is 0 Å². The Bertz CT molecular complexity index is 544. The van der Waals surface area contributed by atoms with Crippen molar-refractivity contribution < 1.29 is 5.11 Å². The van der Waals surface area contributed by atoms with Gasteiger partial charge in [0, 0.05) is 5.41 Å². The van der Waals surface area contributed by atoms with Gasteiger partial charge in [-0.1, -0.05) is 79.7 Å². The van der Waals surface area contributed by atoms with Gasteiger partial charge < -0.3 is 5.11 Å². The van der Waals surface area contributed by atoms with E-state index in [1.54, 1.807) is 0 Å². The monoisotopic (exact) mass is 266 g/mol. The molecule has 2 unspecified atom stereocenters. The molecule has 0 radical (unpaired) electrons. The van der Waals surface area contributed by atoms with E-state index >= 15 is 0 Å². The molecule has 0 saturated heterocycles. The molecule has 0 aliphatic rings. The van der Waals surface area contributed by atoms with E-state index in [1.807, 2.05) is 48.5 Å². The highest BCUT2D eigenvalue weighted by atomic mass is 16.3. The first-order valence-corrected chi connectivity index (χ1v) is 7.14. The Morgan fingerprint density at radius 1 is 1.00 bits per heavy atom. The van der Waals surface area contributed by atoms with Gasteiger partial charge in [-0.2, -0.15) is 0 Å². The highest BCUT2D eigenvalue weighted by Crippen LogP contribution is 2.38. The fourth-order valence-electron chi connectivity index (χ4n) is 2.49. The maximum atomic E-state index is 10.9. The molecule has 20 heavy (non-hydrogen) atoms. The van der Waals surface area contributed by atoms with Crippen molar-refractivity contribution in [1.29, 1.82) is 0 Å². The first-order chi connectivity index (χ1) is 9.68. The lowest BCUT2D eigenvalue weighted by Gasteiger charge is -2.33. The Labute approximate surface area is 121 Å². The average molecular weight is 266 g/mol. The number of allylic oxidation sites excluding steroid dienone is 1. The summed E-state index contributed by atoms with van der Waals surface area (Å²) in [7, 11) is 0. The topological polar surface area (TPSA) is 20.2 Å². The van der Waals surface area contributed by atoms with Crippen molar-refractivity contribution in [2.75, 3.05) is 0 Å². The maximum absolute atomic E-state index is 10.9. The summed E-state index contributed by atoms with van der Waals surface area (Å²) in [5.41, 5.74) is 1.65. The number of hydrogen-bond donors (Lipinski definition) is 1. The smallest absolute Gasteiger partial charge is 0.0918 e. The molecular formula is C19H22O. The van der Waals surface area contributed by atoms with Crippen molar-refractivity contribution in [2.45, 2.75) is 31.8 Å². The van der Waals surface area contributed by atoms with E-state index in [9.17, 15) is 5.11 Å². The van der Waals surface area contributed by atoms with E-state index in [-0.39, 0.29) is 0 Å². The molecule has 2 rings (SSSR count). The zero-order valence-corrected chi connectivity index (χ0v) is 12.2. The average Bonchev–Trinajstić information content (AvgIpc) is 2.53. The summed E-state index contributed by atoms with van der Waals surface area (Å²) in [5, 5.41) is 10.9. The number of aliphatic hydroxyl groups excluding tert-OH is 1. The summed E-state index contributed by atoms with van der Waals surface area (Å²) < 4.78 is 0. The minimum atomic E-state index is -0.561. The van der Waals surface area contributed by atoms with Crippen LogP contribution in [0.2, 0.25) is 0 Å². The van der Waals surface area contributed by atoms with Crippen LogP contribution < -0.4 is 0 Å². The van der Waals surface area contributed by atoms with Crippen molar-refractivity contribution in [2.24, 2.45) is 0 Å². The third-order valence-corrected chi connectivity index (χ3v) is 3.78. The largest absolute Gasteiger partial charge is 0.387 e. The lowest BCUT2D eigenvalue weighted by atomic mass is 9.74. The zero-order chi connectivity index (χ0) is 14.4. The van der Waals surface area contributed by atoms with Crippen LogP contribution in [0.1, 0.15) is 37.5 Å². The van der Waals surface area contributed by atoms with E-state index in [1.165, 1.54) is 0 Å². The summed E-state index contributed by atoms with van der Waals surface area (Å²) in [5.74, 6) is 0. The van der Waals surface area contributed by atoms with Crippen LogP contribution in [-0.2, 0) is 5.41 Å². The highest BCUT2D eigenvalue weighted by Gasteiger charge is 2.33. The predicted molar refractivity (Wildman–Crippen MR) is 84.6 cm³/mol. The molecule has 2 atom stereocenters. The molecule has 1 nitrogen and oxygen atoms in total. The molecule has 0 bridgehead atoms. The van der Waals surface area contributed by atoms with Gasteiger partial charge in [0.05, 0.1) is 6.10 Å². The van der Waals surface area contributed by atoms with Gasteiger partial charge in [-0.3, -0.25) is 0 Å². The molecule has 0 amide bonds. The van der Waals surface area contributed by atoms with E-state index in [4.69, 9.17) is 0 Å². The van der Waals surface area contributed by atoms with Crippen LogP contribution in [0.5, 0.6) is 0 Å². The third kappa shape index (κ3) is 3.00. The van der Waals surface area contributed by atoms with Crippen molar-refractivity contribution in [3.63, 3.8) is 0 Å². The van der Waals surface area contributed by atoms with E-state index in [0.29, 0.717) is 0 Å². The van der Waals surface area contributed by atoms with Crippen LogP contribution >= 0.6 is 0 Å². The molecule has 2 aromatic carbocycles. The van der Waals surface area contributed by atoms with Gasteiger partial charge in [0.25, 0.3) is 0 Å². The number of aliphatic hydroxyl groups is 1. The van der Waals surface area contributed by atoms with Gasteiger partial charge in [0.2, 0.25) is 0 Å². The summed E-state index contributed by atoms with van der Waals surface area (Å²) in [6.45, 7) is 4.20. The van der Waals surface area contributed by atoms with Crippen molar-refractivity contribution in [3.05, 3.63) is 83.9 Å². The molecule has 0 spiro atoms. The molecule has 0 aliphatic heterocycles. The van der Waals surface area contributed by atoms with Crippen LogP contribution in [0.25, 0.3) is 0 Å². The summed E-state index contributed by atoms with van der Waals surface area (Å²) in [4.78, 5) is 0. The first-order valence-electron chi connectivity index (χ1n) is 7.14. The van der Waals surface area contributed by atoms with Crippen LogP contribution in [0.15, 0.2) is 72.8 Å². The Morgan fingerprint density at radius 3 is 2.10 bits per heavy atom. The Hall–Kier alpha value is -1.86. The number of benzene rings is 2. The third-order valence-electron chi connectivity index (χ3n) is 3.78. The first kappa shape index (κ1) is 14.5. The Balaban J connectivity index is 2.45. The Morgan fingerprint density at radius 2 is 1.55 bits per heavy atom. The van der Waals surface area contributed by atoms with Crippen LogP contribution in [0.4, 0.5) is 0 Å². The second kappa shape index (κ2) is 6.53. The van der Waals surface area contributed by atoms with E-state index in [0.717, 1.165) is 17.5 Å². The molecule has 0 fully saturated rings. The minimum absolute atomic E-state index is 0.418. The van der Waals surface area contributed by atoms with Crippen molar-refractivity contribution in [1.82, 2.24) is 0 Å². The molecule has 1 heteroatoms. The molecule has 0 aliphatic carbocycles. The van der Waals surface area contributed by atoms with Gasteiger partial charge in [-0.15, -0.1) is 0 Å². The van der Waals surface area contributed by atoms with Gasteiger partial charge in [0.1, 0.15) is 0 Å². The van der Waals surface area contributed by atoms with Gasteiger partial charge in [-0.25, -0.2) is 0 Å². The quantitative estimate of drug-likeness (QED) is 0.781. The van der Waals surface area contributed by atoms with E-state index in [2.05, 4.69) is 38.1 Å². The fourth-order valence-corrected chi connectivity index (χ4v) is 2.49. The second-order valence-electron chi connectivity index (χ2n) is 5.27. The minimum Gasteiger partial charge on any atom is -0.387 e. The number of rotatable bonds is 5. The van der Waals surface area contributed by atoms with Crippen molar-refractivity contribution >= 4 is 0 Å². The van der Waals surface area contributed by atoms with Gasteiger partial charge in [0.15, 0.2) is 0 Å². The standard InChI is InChI=1S/C19H22O/c1-3-4-15-19(2,17-13-9-6-10-14-17)18(20)16-11-7-5-8-12-16/h4-15,18,20H,3H2,1-2H3/b15-4+. The van der Waals surface area contributed by atoms with Gasteiger partial charge >= 0.3 is 0 Å². The summed E-state index contributed by atoms with van der Waals surface area (Å²) in [6, 6.07) is 20.0. The second-order valence-corrected chi connectivity index (χ2v) is 5.27. The SMILES string of the molecule is CC/C=C/C(C)(c1ccccc1)C(O)c1ccccc1. The molecule has 0 saturated carbocycles. The van der Waals surface area contributed by atoms with Crippen molar-refractivity contribution in [3.8, 4) is 0 Å². The van der Waals surface area contributed by atoms with Gasteiger partial charge in [-0.05, 0) is 24.5 Å². The summed E-state index contributed by atoms with van der Waals surface area (Å²) >= 11 is 0. The fraction of sp³-hybridized carbons (Fsp3) is 0.263. The molecule has 104 valence electrons. The lowest BCUT2D eigenvalue weighted by molar-refractivity contribution is 0.116. The zero-order valence-electron chi connectivity index (χ0n) is 12.2. The lowest BCUT2D eigenvalue weighted by Crippen LogP contribution is -2.28. The molecule has 0 aromatic heterocycles. The molecule has 2 aromatic rings. The molecule has 0 heterocycles. The molecule has 1 N–H and O–H groups in total. The predicted octanol–water partition coefficient (Wildman–Crippen LogP) is 4.64.